The molecule has 1 nitrogen and oxygen atoms in total. The van der Waals surface area contributed by atoms with Crippen LogP contribution in [0.5, 0.6) is 0 Å². The van der Waals surface area contributed by atoms with Crippen molar-refractivity contribution in [1.82, 2.24) is 0 Å². The van der Waals surface area contributed by atoms with Crippen molar-refractivity contribution >= 4 is 0 Å². The molecule has 0 unspecified atom stereocenters. The molecule has 0 heterocycles. The zero-order valence-corrected chi connectivity index (χ0v) is 11.7. The van der Waals surface area contributed by atoms with Gasteiger partial charge < -0.3 is 5.11 Å². The Balaban J connectivity index is 2.31. The van der Waals surface area contributed by atoms with E-state index in [1.165, 1.54) is 25.7 Å². The Morgan fingerprint density at radius 1 is 1.11 bits per heavy atom. The summed E-state index contributed by atoms with van der Waals surface area (Å²) in [5, 5.41) is 10.2. The predicted octanol–water partition coefficient (Wildman–Crippen LogP) is 4.88. The summed E-state index contributed by atoms with van der Waals surface area (Å²) in [5.41, 5.74) is 1.00. The van der Waals surface area contributed by atoms with Crippen LogP contribution < -0.4 is 0 Å². The van der Waals surface area contributed by atoms with Crippen LogP contribution in [-0.2, 0) is 0 Å². The first kappa shape index (κ1) is 15.0. The highest BCUT2D eigenvalue weighted by Crippen LogP contribution is 2.22. The van der Waals surface area contributed by atoms with E-state index in [0.717, 1.165) is 12.0 Å². The Hall–Kier alpha value is -1.08. The minimum Gasteiger partial charge on any atom is -0.388 e. The maximum Gasteiger partial charge on any atom is 0.0849 e. The molecule has 0 spiro atoms. The van der Waals surface area contributed by atoms with Gasteiger partial charge in [0.2, 0.25) is 0 Å². The van der Waals surface area contributed by atoms with Gasteiger partial charge in [0.25, 0.3) is 0 Å². The first-order chi connectivity index (χ1) is 8.75. The summed E-state index contributed by atoms with van der Waals surface area (Å²) in [6, 6.07) is 9.89. The Morgan fingerprint density at radius 3 is 2.50 bits per heavy atom. The van der Waals surface area contributed by atoms with Gasteiger partial charge >= 0.3 is 0 Å². The van der Waals surface area contributed by atoms with Crippen LogP contribution in [0.1, 0.15) is 57.6 Å². The van der Waals surface area contributed by atoms with Gasteiger partial charge in [0, 0.05) is 5.92 Å². The molecule has 0 aliphatic carbocycles. The number of aliphatic hydroxyl groups excluding tert-OH is 1. The quantitative estimate of drug-likeness (QED) is 0.512. The molecule has 1 N–H and O–H groups in total. The Labute approximate surface area is 112 Å². The van der Waals surface area contributed by atoms with Crippen LogP contribution in [0.15, 0.2) is 42.5 Å². The molecule has 2 atom stereocenters. The fraction of sp³-hybridized carbons (Fsp3) is 0.529. The van der Waals surface area contributed by atoms with Crippen molar-refractivity contribution in [3.63, 3.8) is 0 Å². The molecule has 0 fully saturated rings. The maximum atomic E-state index is 10.2. The third-order valence-electron chi connectivity index (χ3n) is 3.30. The Bertz CT molecular complexity index is 329. The zero-order chi connectivity index (χ0) is 13.2. The summed E-state index contributed by atoms with van der Waals surface area (Å²) in [6.07, 6.45) is 10.3. The van der Waals surface area contributed by atoms with Gasteiger partial charge in [0.15, 0.2) is 0 Å². The number of aliphatic hydroxyl groups is 1. The monoisotopic (exact) mass is 246 g/mol. The summed E-state index contributed by atoms with van der Waals surface area (Å²) in [5.74, 6) is 0.179. The maximum absolute atomic E-state index is 10.2. The summed E-state index contributed by atoms with van der Waals surface area (Å²) < 4.78 is 0. The van der Waals surface area contributed by atoms with Gasteiger partial charge in [-0.05, 0) is 18.4 Å². The minimum absolute atomic E-state index is 0.179. The average molecular weight is 246 g/mol. The third kappa shape index (κ3) is 5.50. The average Bonchev–Trinajstić information content (AvgIpc) is 2.42. The summed E-state index contributed by atoms with van der Waals surface area (Å²) in [7, 11) is 0. The van der Waals surface area contributed by atoms with E-state index < -0.39 is 6.10 Å². The lowest BCUT2D eigenvalue weighted by molar-refractivity contribution is 0.139. The molecule has 0 bridgehead atoms. The van der Waals surface area contributed by atoms with Crippen LogP contribution in [0.2, 0.25) is 0 Å². The van der Waals surface area contributed by atoms with E-state index in [2.05, 4.69) is 26.0 Å². The van der Waals surface area contributed by atoms with Gasteiger partial charge in [-0.15, -0.1) is 0 Å². The molecular weight excluding hydrogens is 220 g/mol. The van der Waals surface area contributed by atoms with Gasteiger partial charge in [0.1, 0.15) is 0 Å². The van der Waals surface area contributed by atoms with E-state index in [4.69, 9.17) is 0 Å². The lowest BCUT2D eigenvalue weighted by Crippen LogP contribution is -2.06. The van der Waals surface area contributed by atoms with Crippen LogP contribution in [0.25, 0.3) is 0 Å². The number of hydrogen-bond acceptors (Lipinski definition) is 1. The molecule has 0 radical (unpaired) electrons. The molecule has 1 rings (SSSR count). The van der Waals surface area contributed by atoms with Crippen molar-refractivity contribution in [2.75, 3.05) is 0 Å². The van der Waals surface area contributed by atoms with Gasteiger partial charge in [-0.25, -0.2) is 0 Å². The van der Waals surface area contributed by atoms with Gasteiger partial charge in [-0.1, -0.05) is 75.6 Å². The molecule has 0 amide bonds. The molecule has 0 aromatic heterocycles. The smallest absolute Gasteiger partial charge is 0.0849 e. The number of allylic oxidation sites excluding steroid dienone is 1. The SMILES string of the molecule is CCCCCC/C=C/[C@H](C)[C@@H](O)c1ccccc1. The second-order valence-electron chi connectivity index (χ2n) is 4.99. The number of rotatable bonds is 8. The zero-order valence-electron chi connectivity index (χ0n) is 11.7. The summed E-state index contributed by atoms with van der Waals surface area (Å²) in [6.45, 7) is 4.30. The second kappa shape index (κ2) is 8.93. The van der Waals surface area contributed by atoms with E-state index in [9.17, 15) is 5.11 Å². The molecular formula is C17H26O. The van der Waals surface area contributed by atoms with Crippen LogP contribution in [0.3, 0.4) is 0 Å². The molecule has 1 aromatic rings. The van der Waals surface area contributed by atoms with E-state index in [1.54, 1.807) is 0 Å². The summed E-state index contributed by atoms with van der Waals surface area (Å²) >= 11 is 0. The molecule has 1 heteroatoms. The first-order valence-corrected chi connectivity index (χ1v) is 7.15. The largest absolute Gasteiger partial charge is 0.388 e. The van der Waals surface area contributed by atoms with Crippen LogP contribution in [-0.4, -0.2) is 5.11 Å². The Kier molecular flexibility index (Phi) is 7.43. The molecule has 0 saturated carbocycles. The second-order valence-corrected chi connectivity index (χ2v) is 4.99. The van der Waals surface area contributed by atoms with E-state index >= 15 is 0 Å². The standard InChI is InChI=1S/C17H26O/c1-3-4-5-6-7-9-12-15(2)17(18)16-13-10-8-11-14-16/h8-15,17-18H,3-7H2,1-2H3/b12-9+/t15-,17+/m0/s1. The van der Waals surface area contributed by atoms with Gasteiger partial charge in [-0.3, -0.25) is 0 Å². The fourth-order valence-electron chi connectivity index (χ4n) is 2.06. The predicted molar refractivity (Wildman–Crippen MR) is 78.5 cm³/mol. The van der Waals surface area contributed by atoms with Crippen molar-refractivity contribution in [3.8, 4) is 0 Å². The lowest BCUT2D eigenvalue weighted by atomic mass is 9.96. The molecule has 0 saturated heterocycles. The highest BCUT2D eigenvalue weighted by molar-refractivity contribution is 5.18. The highest BCUT2D eigenvalue weighted by atomic mass is 16.3. The van der Waals surface area contributed by atoms with Gasteiger partial charge in [0.05, 0.1) is 6.10 Å². The van der Waals surface area contributed by atoms with Crippen molar-refractivity contribution in [3.05, 3.63) is 48.0 Å². The van der Waals surface area contributed by atoms with Crippen LogP contribution >= 0.6 is 0 Å². The molecule has 18 heavy (non-hydrogen) atoms. The molecule has 100 valence electrons. The van der Waals surface area contributed by atoms with Gasteiger partial charge in [-0.2, -0.15) is 0 Å². The van der Waals surface area contributed by atoms with Crippen molar-refractivity contribution in [2.24, 2.45) is 5.92 Å². The number of unbranched alkanes of at least 4 members (excludes halogenated alkanes) is 4. The van der Waals surface area contributed by atoms with Crippen LogP contribution in [0, 0.1) is 5.92 Å². The topological polar surface area (TPSA) is 20.2 Å². The fourth-order valence-corrected chi connectivity index (χ4v) is 2.06. The molecule has 0 aliphatic rings. The third-order valence-corrected chi connectivity index (χ3v) is 3.30. The molecule has 1 aromatic carbocycles. The van der Waals surface area contributed by atoms with Crippen molar-refractivity contribution < 1.29 is 5.11 Å². The highest BCUT2D eigenvalue weighted by Gasteiger charge is 2.12. The summed E-state index contributed by atoms with van der Waals surface area (Å²) in [4.78, 5) is 0. The van der Waals surface area contributed by atoms with E-state index in [0.29, 0.717) is 0 Å². The lowest BCUT2D eigenvalue weighted by Gasteiger charge is -2.15. The molecule has 0 aliphatic heterocycles. The van der Waals surface area contributed by atoms with Crippen molar-refractivity contribution in [1.29, 1.82) is 0 Å². The van der Waals surface area contributed by atoms with E-state index in [1.807, 2.05) is 30.3 Å². The normalized spacial score (nSPS) is 14.8. The van der Waals surface area contributed by atoms with E-state index in [-0.39, 0.29) is 5.92 Å². The van der Waals surface area contributed by atoms with Crippen molar-refractivity contribution in [2.45, 2.75) is 52.1 Å². The minimum atomic E-state index is -0.391. The van der Waals surface area contributed by atoms with Crippen LogP contribution in [0.4, 0.5) is 0 Å². The Morgan fingerprint density at radius 2 is 1.83 bits per heavy atom. The first-order valence-electron chi connectivity index (χ1n) is 7.15. The number of hydrogen-bond donors (Lipinski definition) is 1. The number of benzene rings is 1.